The maximum atomic E-state index is 12.5. The van der Waals surface area contributed by atoms with E-state index in [-0.39, 0.29) is 12.6 Å². The second-order valence-corrected chi connectivity index (χ2v) is 6.95. The topological polar surface area (TPSA) is 78.9 Å². The van der Waals surface area contributed by atoms with E-state index in [2.05, 4.69) is 11.4 Å². The summed E-state index contributed by atoms with van der Waals surface area (Å²) in [7, 11) is 0. The molecule has 3 heterocycles. The maximum Gasteiger partial charge on any atom is 0.321 e. The van der Waals surface area contributed by atoms with E-state index in [4.69, 9.17) is 4.74 Å². The highest BCUT2D eigenvalue weighted by Crippen LogP contribution is 2.57. The van der Waals surface area contributed by atoms with Crippen molar-refractivity contribution in [1.82, 2.24) is 5.32 Å². The van der Waals surface area contributed by atoms with Crippen LogP contribution in [-0.4, -0.2) is 42.4 Å². The van der Waals surface area contributed by atoms with Gasteiger partial charge in [0.1, 0.15) is 0 Å². The Balaban J connectivity index is 1.40. The van der Waals surface area contributed by atoms with Gasteiger partial charge in [0.25, 0.3) is 0 Å². The van der Waals surface area contributed by atoms with Crippen LogP contribution in [0.5, 0.6) is 0 Å². The number of para-hydroxylation sites is 1. The van der Waals surface area contributed by atoms with E-state index in [1.54, 1.807) is 4.90 Å². The van der Waals surface area contributed by atoms with Gasteiger partial charge in [0.15, 0.2) is 0 Å². The summed E-state index contributed by atoms with van der Waals surface area (Å²) in [6.45, 7) is 1.33. The number of carboxylic acid groups (broad SMARTS) is 1. The van der Waals surface area contributed by atoms with Gasteiger partial charge in [-0.15, -0.1) is 0 Å². The standard InChI is InChI=1S/C17H20N2O4/c20-14(21)16-8-17(9-16,23-11-16)10-18-15(22)19-7-3-5-12-4-1-2-6-13(12)19/h1-2,4,6H,3,5,7-11H2,(H,18,22)(H,20,21). The van der Waals surface area contributed by atoms with Gasteiger partial charge < -0.3 is 15.2 Å². The number of ether oxygens (including phenoxy) is 1. The molecule has 3 aliphatic heterocycles. The monoisotopic (exact) mass is 316 g/mol. The second kappa shape index (κ2) is 4.96. The predicted molar refractivity (Wildman–Crippen MR) is 83.5 cm³/mol. The van der Waals surface area contributed by atoms with Crippen molar-refractivity contribution in [3.63, 3.8) is 0 Å². The lowest BCUT2D eigenvalue weighted by Gasteiger charge is -2.42. The maximum absolute atomic E-state index is 12.5. The number of carbonyl (C=O) groups is 2. The Morgan fingerprint density at radius 3 is 2.83 bits per heavy atom. The number of carboxylic acids is 1. The highest BCUT2D eigenvalue weighted by atomic mass is 16.5. The van der Waals surface area contributed by atoms with Crippen molar-refractivity contribution < 1.29 is 19.4 Å². The first-order chi connectivity index (χ1) is 11.0. The number of hydrogen-bond donors (Lipinski definition) is 2. The molecule has 6 nitrogen and oxygen atoms in total. The third-order valence-electron chi connectivity index (χ3n) is 5.35. The van der Waals surface area contributed by atoms with E-state index in [0.717, 1.165) is 18.5 Å². The molecule has 1 saturated carbocycles. The van der Waals surface area contributed by atoms with Gasteiger partial charge in [-0.3, -0.25) is 9.69 Å². The Morgan fingerprint density at radius 1 is 1.30 bits per heavy atom. The Labute approximate surface area is 134 Å². The molecular weight excluding hydrogens is 296 g/mol. The zero-order chi connectivity index (χ0) is 16.1. The average Bonchev–Trinajstić information content (AvgIpc) is 3.09. The number of aliphatic carboxylic acids is 1. The van der Waals surface area contributed by atoms with Gasteiger partial charge in [0.05, 0.1) is 17.6 Å². The summed E-state index contributed by atoms with van der Waals surface area (Å²) in [4.78, 5) is 25.6. The number of aryl methyl sites for hydroxylation is 1. The molecule has 4 aliphatic rings. The largest absolute Gasteiger partial charge is 0.481 e. The van der Waals surface area contributed by atoms with Gasteiger partial charge in [-0.1, -0.05) is 18.2 Å². The van der Waals surface area contributed by atoms with Crippen LogP contribution in [0.4, 0.5) is 10.5 Å². The molecule has 0 unspecified atom stereocenters. The summed E-state index contributed by atoms with van der Waals surface area (Å²) < 4.78 is 5.67. The minimum atomic E-state index is -0.790. The van der Waals surface area contributed by atoms with Crippen molar-refractivity contribution in [3.05, 3.63) is 29.8 Å². The Hall–Kier alpha value is -2.08. The number of nitrogens with zero attached hydrogens (tertiary/aromatic N) is 1. The van der Waals surface area contributed by atoms with Gasteiger partial charge >= 0.3 is 12.0 Å². The molecule has 0 spiro atoms. The number of benzene rings is 1. The summed E-state index contributed by atoms with van der Waals surface area (Å²) >= 11 is 0. The highest BCUT2D eigenvalue weighted by molar-refractivity contribution is 5.93. The molecule has 1 aromatic carbocycles. The number of carbonyl (C=O) groups excluding carboxylic acids is 1. The van der Waals surface area contributed by atoms with Crippen LogP contribution in [0.3, 0.4) is 0 Å². The van der Waals surface area contributed by atoms with Crippen LogP contribution < -0.4 is 10.2 Å². The van der Waals surface area contributed by atoms with Gasteiger partial charge in [0, 0.05) is 18.8 Å². The first kappa shape index (κ1) is 14.5. The summed E-state index contributed by atoms with van der Waals surface area (Å²) in [6.07, 6.45) is 2.93. The zero-order valence-corrected chi connectivity index (χ0v) is 12.9. The summed E-state index contributed by atoms with van der Waals surface area (Å²) in [6, 6.07) is 7.83. The number of fused-ring (bicyclic) bond motifs is 2. The van der Waals surface area contributed by atoms with Crippen LogP contribution in [0.15, 0.2) is 24.3 Å². The van der Waals surface area contributed by atoms with Crippen LogP contribution in [0, 0.1) is 5.41 Å². The van der Waals surface area contributed by atoms with Crippen LogP contribution in [0.25, 0.3) is 0 Å². The lowest BCUT2D eigenvalue weighted by atomic mass is 9.62. The Morgan fingerprint density at radius 2 is 2.09 bits per heavy atom. The molecule has 0 atom stereocenters. The highest BCUT2D eigenvalue weighted by Gasteiger charge is 2.66. The molecule has 1 aliphatic carbocycles. The first-order valence-corrected chi connectivity index (χ1v) is 8.04. The molecule has 2 N–H and O–H groups in total. The molecule has 3 fully saturated rings. The molecule has 2 amide bonds. The van der Waals surface area contributed by atoms with Crippen molar-refractivity contribution in [2.24, 2.45) is 5.41 Å². The molecule has 2 saturated heterocycles. The van der Waals surface area contributed by atoms with E-state index in [9.17, 15) is 14.7 Å². The molecular formula is C17H20N2O4. The number of urea groups is 1. The van der Waals surface area contributed by atoms with E-state index >= 15 is 0 Å². The number of nitrogens with one attached hydrogen (secondary N) is 1. The minimum absolute atomic E-state index is 0.130. The summed E-state index contributed by atoms with van der Waals surface area (Å²) in [5.41, 5.74) is 0.957. The molecule has 2 bridgehead atoms. The number of rotatable bonds is 3. The minimum Gasteiger partial charge on any atom is -0.481 e. The van der Waals surface area contributed by atoms with Crippen molar-refractivity contribution in [3.8, 4) is 0 Å². The van der Waals surface area contributed by atoms with Crippen LogP contribution in [-0.2, 0) is 16.0 Å². The number of amides is 2. The normalized spacial score (nSPS) is 31.2. The predicted octanol–water partition coefficient (Wildman–Crippen LogP) is 1.78. The number of anilines is 1. The van der Waals surface area contributed by atoms with Crippen molar-refractivity contribution >= 4 is 17.7 Å². The Kier molecular flexibility index (Phi) is 3.13. The average molecular weight is 316 g/mol. The number of hydrogen-bond acceptors (Lipinski definition) is 3. The molecule has 23 heavy (non-hydrogen) atoms. The van der Waals surface area contributed by atoms with Crippen molar-refractivity contribution in [2.75, 3.05) is 24.6 Å². The van der Waals surface area contributed by atoms with E-state index < -0.39 is 17.0 Å². The van der Waals surface area contributed by atoms with Crippen molar-refractivity contribution in [1.29, 1.82) is 0 Å². The van der Waals surface area contributed by atoms with Gasteiger partial charge in [0.2, 0.25) is 0 Å². The van der Waals surface area contributed by atoms with E-state index in [0.29, 0.717) is 25.9 Å². The molecule has 0 radical (unpaired) electrons. The molecule has 122 valence electrons. The lowest BCUT2D eigenvalue weighted by molar-refractivity contribution is -0.153. The third-order valence-corrected chi connectivity index (χ3v) is 5.35. The zero-order valence-electron chi connectivity index (χ0n) is 12.9. The fourth-order valence-electron chi connectivity index (χ4n) is 4.14. The van der Waals surface area contributed by atoms with E-state index in [1.165, 1.54) is 5.56 Å². The van der Waals surface area contributed by atoms with E-state index in [1.807, 2.05) is 18.2 Å². The van der Waals surface area contributed by atoms with Crippen LogP contribution in [0.2, 0.25) is 0 Å². The smallest absolute Gasteiger partial charge is 0.321 e. The van der Waals surface area contributed by atoms with Crippen LogP contribution in [0.1, 0.15) is 24.8 Å². The fraction of sp³-hybridized carbons (Fsp3) is 0.529. The SMILES string of the molecule is O=C(NCC12CC(C(=O)O)(CO1)C2)N1CCCc2ccccc21. The third kappa shape index (κ3) is 2.20. The molecule has 5 rings (SSSR count). The summed E-state index contributed by atoms with van der Waals surface area (Å²) in [5, 5.41) is 12.2. The fourth-order valence-corrected chi connectivity index (χ4v) is 4.14. The molecule has 0 aromatic heterocycles. The van der Waals surface area contributed by atoms with Crippen molar-refractivity contribution in [2.45, 2.75) is 31.3 Å². The first-order valence-electron chi connectivity index (χ1n) is 8.04. The second-order valence-electron chi connectivity index (χ2n) is 6.95. The molecule has 6 heteroatoms. The van der Waals surface area contributed by atoms with Crippen LogP contribution >= 0.6 is 0 Å². The lowest BCUT2D eigenvalue weighted by Crippen LogP contribution is -2.56. The van der Waals surface area contributed by atoms with Gasteiger partial charge in [-0.05, 0) is 37.3 Å². The molecule has 1 aromatic rings. The summed E-state index contributed by atoms with van der Waals surface area (Å²) in [5.74, 6) is -0.790. The quantitative estimate of drug-likeness (QED) is 0.891. The van der Waals surface area contributed by atoms with Gasteiger partial charge in [-0.2, -0.15) is 0 Å². The van der Waals surface area contributed by atoms with Gasteiger partial charge in [-0.25, -0.2) is 4.79 Å². The Bertz CT molecular complexity index is 666.